The predicted octanol–water partition coefficient (Wildman–Crippen LogP) is 1.94. The minimum absolute atomic E-state index is 0.0621. The molecule has 4 N–H and O–H groups in total. The molecule has 0 aromatic carbocycles. The lowest BCUT2D eigenvalue weighted by Gasteiger charge is -2.26. The molecule has 0 bridgehead atoms. The number of ether oxygens (including phenoxy) is 1. The molecule has 0 aromatic rings. The fourth-order valence-corrected chi connectivity index (χ4v) is 0.881. The third-order valence-corrected chi connectivity index (χ3v) is 1.87. The molecule has 0 aliphatic heterocycles. The number of nitrogens with two attached hydrogens (primary N) is 2. The van der Waals surface area contributed by atoms with Crippen molar-refractivity contribution in [2.24, 2.45) is 11.5 Å². The lowest BCUT2D eigenvalue weighted by molar-refractivity contribution is -0.165. The average molecular weight is 265 g/mol. The number of hydrogen-bond donors (Lipinski definition) is 2. The third kappa shape index (κ3) is 5.58. The van der Waals surface area contributed by atoms with E-state index in [0.29, 0.717) is 0 Å². The first-order valence-electron chi connectivity index (χ1n) is 4.98. The minimum atomic E-state index is -2.42. The molecule has 0 spiro atoms. The fraction of sp³-hybridized carbons (Fsp3) is 0.545. The summed E-state index contributed by atoms with van der Waals surface area (Å²) in [5, 5.41) is -0.0621. The highest BCUT2D eigenvalue weighted by Gasteiger charge is 2.39. The molecule has 0 aliphatic carbocycles. The molecule has 1 atom stereocenters. The zero-order valence-electron chi connectivity index (χ0n) is 10.4. The summed E-state index contributed by atoms with van der Waals surface area (Å²) in [5.41, 5.74) is 7.07. The quantitative estimate of drug-likeness (QED) is 0.464. The molecule has 0 aromatic heterocycles. The predicted molar refractivity (Wildman–Crippen MR) is 65.8 cm³/mol. The van der Waals surface area contributed by atoms with Crippen molar-refractivity contribution in [3.05, 3.63) is 23.0 Å². The molecule has 17 heavy (non-hydrogen) atoms. The van der Waals surface area contributed by atoms with Gasteiger partial charge >= 0.3 is 5.97 Å². The first-order valence-corrected chi connectivity index (χ1v) is 5.36. The van der Waals surface area contributed by atoms with E-state index in [9.17, 15) is 9.18 Å². The third-order valence-electron chi connectivity index (χ3n) is 1.75. The second-order valence-electron chi connectivity index (χ2n) is 4.68. The highest BCUT2D eigenvalue weighted by molar-refractivity contribution is 6.29. The molecule has 4 nitrogen and oxygen atoms in total. The standard InChI is InChI=1S/C11H18ClFN2O2/c1-10(2,3)17-9(16)11(4,13)7(14)5-6-8(12)15/h5-6H,14-15H2,1-4H3/b7-5-,8-6-. The van der Waals surface area contributed by atoms with Crippen LogP contribution in [0.5, 0.6) is 0 Å². The summed E-state index contributed by atoms with van der Waals surface area (Å²) in [6.45, 7) is 5.93. The summed E-state index contributed by atoms with van der Waals surface area (Å²) >= 11 is 5.36. The molecular weight excluding hydrogens is 247 g/mol. The van der Waals surface area contributed by atoms with Crippen LogP contribution < -0.4 is 11.5 Å². The highest BCUT2D eigenvalue weighted by atomic mass is 35.5. The van der Waals surface area contributed by atoms with Crippen molar-refractivity contribution in [3.8, 4) is 0 Å². The molecule has 0 heterocycles. The van der Waals surface area contributed by atoms with Crippen molar-refractivity contribution in [1.82, 2.24) is 0 Å². The zero-order chi connectivity index (χ0) is 13.9. The summed E-state index contributed by atoms with van der Waals surface area (Å²) in [6, 6.07) is 0. The van der Waals surface area contributed by atoms with E-state index in [4.69, 9.17) is 27.8 Å². The molecule has 0 saturated heterocycles. The van der Waals surface area contributed by atoms with Crippen LogP contribution in [0.1, 0.15) is 27.7 Å². The van der Waals surface area contributed by atoms with Gasteiger partial charge in [0.1, 0.15) is 5.60 Å². The maximum Gasteiger partial charge on any atom is 0.350 e. The second-order valence-corrected chi connectivity index (χ2v) is 5.11. The Bertz CT molecular complexity index is 353. The van der Waals surface area contributed by atoms with Gasteiger partial charge in [0, 0.05) is 0 Å². The number of hydrogen-bond acceptors (Lipinski definition) is 4. The summed E-state index contributed by atoms with van der Waals surface area (Å²) in [5.74, 6) is -1.06. The van der Waals surface area contributed by atoms with E-state index in [1.165, 1.54) is 6.08 Å². The Labute approximate surface area is 105 Å². The molecule has 98 valence electrons. The van der Waals surface area contributed by atoms with Crippen LogP contribution in [0, 0.1) is 0 Å². The van der Waals surface area contributed by atoms with Crippen molar-refractivity contribution in [2.75, 3.05) is 0 Å². The van der Waals surface area contributed by atoms with Crippen LogP contribution in [-0.2, 0) is 9.53 Å². The summed E-state index contributed by atoms with van der Waals surface area (Å²) in [4.78, 5) is 11.6. The zero-order valence-corrected chi connectivity index (χ0v) is 11.1. The molecule has 0 aliphatic rings. The Hall–Kier alpha value is -1.23. The van der Waals surface area contributed by atoms with Crippen molar-refractivity contribution in [2.45, 2.75) is 39.0 Å². The van der Waals surface area contributed by atoms with E-state index in [1.807, 2.05) is 0 Å². The molecule has 1 unspecified atom stereocenters. The van der Waals surface area contributed by atoms with Crippen LogP contribution in [0.4, 0.5) is 4.39 Å². The van der Waals surface area contributed by atoms with Crippen LogP contribution in [0.25, 0.3) is 0 Å². The molecule has 0 saturated carbocycles. The number of carbonyl (C=O) groups excluding carboxylic acids is 1. The lowest BCUT2D eigenvalue weighted by Crippen LogP contribution is -2.41. The van der Waals surface area contributed by atoms with E-state index in [0.717, 1.165) is 13.0 Å². The van der Waals surface area contributed by atoms with Gasteiger partial charge in [-0.3, -0.25) is 0 Å². The summed E-state index contributed by atoms with van der Waals surface area (Å²) in [6.07, 6.45) is 2.32. The van der Waals surface area contributed by atoms with Crippen LogP contribution in [0.2, 0.25) is 0 Å². The van der Waals surface area contributed by atoms with Crippen LogP contribution in [-0.4, -0.2) is 17.2 Å². The van der Waals surface area contributed by atoms with E-state index >= 15 is 0 Å². The smallest absolute Gasteiger partial charge is 0.350 e. The minimum Gasteiger partial charge on any atom is -0.457 e. The van der Waals surface area contributed by atoms with Gasteiger partial charge in [0.2, 0.25) is 5.67 Å². The molecule has 0 radical (unpaired) electrons. The van der Waals surface area contributed by atoms with Gasteiger partial charge in [-0.15, -0.1) is 0 Å². The van der Waals surface area contributed by atoms with Gasteiger partial charge in [-0.05, 0) is 39.8 Å². The number of alkyl halides is 1. The number of rotatable bonds is 3. The maximum absolute atomic E-state index is 14.1. The Kier molecular flexibility index (Phi) is 5.01. The van der Waals surface area contributed by atoms with Crippen molar-refractivity contribution < 1.29 is 13.9 Å². The normalized spacial score (nSPS) is 17.5. The average Bonchev–Trinajstić information content (AvgIpc) is 2.10. The number of halogens is 2. The molecule has 0 rings (SSSR count). The first kappa shape index (κ1) is 15.8. The van der Waals surface area contributed by atoms with Gasteiger partial charge in [0.05, 0.1) is 10.9 Å². The number of allylic oxidation sites excluding steroid dienone is 2. The highest BCUT2D eigenvalue weighted by Crippen LogP contribution is 2.23. The number of carbonyl (C=O) groups is 1. The maximum atomic E-state index is 14.1. The molecule has 0 amide bonds. The first-order chi connectivity index (χ1) is 7.47. The van der Waals surface area contributed by atoms with Crippen LogP contribution in [0.3, 0.4) is 0 Å². The van der Waals surface area contributed by atoms with Gasteiger partial charge < -0.3 is 16.2 Å². The van der Waals surface area contributed by atoms with Crippen molar-refractivity contribution >= 4 is 17.6 Å². The van der Waals surface area contributed by atoms with E-state index in [1.54, 1.807) is 20.8 Å². The second kappa shape index (κ2) is 5.40. The van der Waals surface area contributed by atoms with Gasteiger partial charge in [0.15, 0.2) is 0 Å². The molecule has 0 fully saturated rings. The van der Waals surface area contributed by atoms with E-state index < -0.39 is 17.2 Å². The van der Waals surface area contributed by atoms with E-state index in [-0.39, 0.29) is 10.9 Å². The van der Waals surface area contributed by atoms with Crippen LogP contribution in [0.15, 0.2) is 23.0 Å². The SMILES string of the molecule is CC(C)(C)OC(=O)C(C)(F)/C(N)=C/C=C(\N)Cl. The lowest BCUT2D eigenvalue weighted by atomic mass is 10.0. The van der Waals surface area contributed by atoms with Gasteiger partial charge in [-0.25, -0.2) is 9.18 Å². The number of esters is 1. The Balaban J connectivity index is 4.95. The van der Waals surface area contributed by atoms with Gasteiger partial charge in [0.25, 0.3) is 0 Å². The van der Waals surface area contributed by atoms with Gasteiger partial charge in [-0.1, -0.05) is 11.6 Å². The van der Waals surface area contributed by atoms with Gasteiger partial charge in [-0.2, -0.15) is 0 Å². The Morgan fingerprint density at radius 3 is 2.06 bits per heavy atom. The fourth-order valence-electron chi connectivity index (χ4n) is 0.818. The Morgan fingerprint density at radius 2 is 1.71 bits per heavy atom. The van der Waals surface area contributed by atoms with Crippen molar-refractivity contribution in [1.29, 1.82) is 0 Å². The topological polar surface area (TPSA) is 78.3 Å². The monoisotopic (exact) mass is 264 g/mol. The summed E-state index contributed by atoms with van der Waals surface area (Å²) < 4.78 is 19.0. The molecule has 6 heteroatoms. The summed E-state index contributed by atoms with van der Waals surface area (Å²) in [7, 11) is 0. The van der Waals surface area contributed by atoms with Crippen molar-refractivity contribution in [3.63, 3.8) is 0 Å². The largest absolute Gasteiger partial charge is 0.457 e. The van der Waals surface area contributed by atoms with E-state index in [2.05, 4.69) is 0 Å². The molecular formula is C11H18ClFN2O2. The Morgan fingerprint density at radius 1 is 1.24 bits per heavy atom. The van der Waals surface area contributed by atoms with Crippen LogP contribution >= 0.6 is 11.6 Å².